The van der Waals surface area contributed by atoms with Crippen LogP contribution in [0.1, 0.15) is 0 Å². The van der Waals surface area contributed by atoms with E-state index in [1.54, 1.807) is 0 Å². The molecule has 0 bridgehead atoms. The number of aliphatic carboxylic acids is 1. The summed E-state index contributed by atoms with van der Waals surface area (Å²) >= 11 is 0. The first kappa shape index (κ1) is 33.7. The van der Waals surface area contributed by atoms with Gasteiger partial charge in [0.2, 0.25) is 0 Å². The molecule has 0 amide bonds. The molecule has 0 atom stereocenters. The first-order valence-electron chi connectivity index (χ1n) is 7.35. The van der Waals surface area contributed by atoms with Crippen LogP contribution >= 0.6 is 0 Å². The zero-order chi connectivity index (χ0) is 30.2. The molecule has 0 fully saturated rings. The van der Waals surface area contributed by atoms with Crippen molar-refractivity contribution in [2.75, 3.05) is 0 Å². The largest absolute Gasteiger partial charge is 0.477 e. The summed E-state index contributed by atoms with van der Waals surface area (Å²) in [5.74, 6) is -92.3. The number of halogens is 21. The van der Waals surface area contributed by atoms with Crippen molar-refractivity contribution in [3.8, 4) is 0 Å². The maximum absolute atomic E-state index is 13.4. The molecule has 0 unspecified atom stereocenters. The van der Waals surface area contributed by atoms with E-state index in [1.807, 2.05) is 0 Å². The van der Waals surface area contributed by atoms with Crippen molar-refractivity contribution in [3.05, 3.63) is 0 Å². The van der Waals surface area contributed by atoms with Gasteiger partial charge in [-0.3, -0.25) is 4.79 Å². The summed E-state index contributed by atoms with van der Waals surface area (Å²) in [6.07, 6.45) is 0. The topological polar surface area (TPSA) is 54.4 Å². The van der Waals surface area contributed by atoms with E-state index < -0.39 is 71.2 Å². The molecule has 36 heavy (non-hydrogen) atoms. The van der Waals surface area contributed by atoms with Gasteiger partial charge in [-0.05, 0) is 0 Å². The van der Waals surface area contributed by atoms with Crippen LogP contribution in [0.2, 0.25) is 0 Å². The predicted octanol–water partition coefficient (Wildman–Crippen LogP) is 5.92. The molecule has 214 valence electrons. The quantitative estimate of drug-likeness (QED) is 0.240. The molecule has 0 saturated heterocycles. The highest BCUT2D eigenvalue weighted by molar-refractivity contribution is 5.78. The summed E-state index contributed by atoms with van der Waals surface area (Å²) in [5.41, 5.74) is 0. The van der Waals surface area contributed by atoms with Gasteiger partial charge >= 0.3 is 71.2 Å². The van der Waals surface area contributed by atoms with E-state index in [4.69, 9.17) is 5.11 Å². The van der Waals surface area contributed by atoms with Crippen molar-refractivity contribution < 1.29 is 107 Å². The summed E-state index contributed by atoms with van der Waals surface area (Å²) in [4.78, 5) is 19.5. The Morgan fingerprint density at radius 1 is 0.361 bits per heavy atom. The molecule has 1 N–H and O–H groups in total. The van der Waals surface area contributed by atoms with Gasteiger partial charge in [0.25, 0.3) is 0 Å². The second-order valence-electron chi connectivity index (χ2n) is 6.32. The van der Waals surface area contributed by atoms with Gasteiger partial charge in [0.1, 0.15) is 0 Å². The number of hydrogen-bond acceptors (Lipinski definition) is 2. The van der Waals surface area contributed by atoms with E-state index in [2.05, 4.69) is 0 Å². The van der Waals surface area contributed by atoms with E-state index in [0.29, 0.717) is 0 Å². The maximum Gasteiger partial charge on any atom is 0.410 e. The van der Waals surface area contributed by atoms with E-state index >= 15 is 0 Å². The molecule has 24 heteroatoms. The minimum absolute atomic E-state index is 4.58. The average molecular weight is 592 g/mol. The van der Waals surface area contributed by atoms with Crippen molar-refractivity contribution >= 4 is 12.0 Å². The van der Waals surface area contributed by atoms with Crippen LogP contribution in [0.4, 0.5) is 92.2 Å². The number of carboxylic acids is 1. The highest BCUT2D eigenvalue weighted by Crippen LogP contribution is 2.66. The summed E-state index contributed by atoms with van der Waals surface area (Å²) in [5, 5.41) is 7.64. The Hall–Kier alpha value is -2.33. The zero-order valence-corrected chi connectivity index (χ0v) is 15.2. The monoisotopic (exact) mass is 592 g/mol. The highest BCUT2D eigenvalue weighted by Gasteiger charge is 2.98. The zero-order valence-electron chi connectivity index (χ0n) is 15.2. The van der Waals surface area contributed by atoms with Crippen LogP contribution in [0, 0.1) is 0 Å². The number of carboxylic acid groups (broad SMARTS) is 1. The number of carbonyl (C=O) groups excluding carboxylic acids is 1. The standard InChI is InChI=1S/C12HF21O3/c13-1(34)3(14,15)5(18,19)7(22,23)9(26,27)11(30,31)12(32,33)10(28,29)8(24,25)6(20,21)4(16,17)2(35)36/h(H,35,36). The molecule has 0 aliphatic rings. The highest BCUT2D eigenvalue weighted by atomic mass is 19.4. The van der Waals surface area contributed by atoms with E-state index in [-0.39, 0.29) is 0 Å². The van der Waals surface area contributed by atoms with Gasteiger partial charge in [0.05, 0.1) is 0 Å². The minimum Gasteiger partial charge on any atom is -0.477 e. The smallest absolute Gasteiger partial charge is 0.410 e. The van der Waals surface area contributed by atoms with Gasteiger partial charge in [0, 0.05) is 0 Å². The lowest BCUT2D eigenvalue weighted by Crippen LogP contribution is -2.77. The van der Waals surface area contributed by atoms with Crippen molar-refractivity contribution in [3.63, 3.8) is 0 Å². The van der Waals surface area contributed by atoms with Crippen LogP contribution < -0.4 is 0 Å². The van der Waals surface area contributed by atoms with Gasteiger partial charge in [-0.2, -0.15) is 92.2 Å². The Kier molecular flexibility index (Phi) is 7.56. The normalized spacial score (nSPS) is 16.2. The van der Waals surface area contributed by atoms with Crippen LogP contribution in [0.25, 0.3) is 0 Å². The SMILES string of the molecule is O=C(O)C(F)(F)C(F)(F)C(F)(F)C(F)(F)C(F)(F)C(F)(F)C(F)(F)C(F)(F)C(F)(F)C(F)(F)C(=O)F. The van der Waals surface area contributed by atoms with E-state index in [9.17, 15) is 102 Å². The van der Waals surface area contributed by atoms with Crippen LogP contribution in [0.5, 0.6) is 0 Å². The Labute approximate surface area is 179 Å². The molecule has 0 radical (unpaired) electrons. The Morgan fingerprint density at radius 3 is 0.694 bits per heavy atom. The lowest BCUT2D eigenvalue weighted by molar-refractivity contribution is -0.466. The fraction of sp³-hybridized carbons (Fsp3) is 0.833. The molecule has 0 aliphatic carbocycles. The summed E-state index contributed by atoms with van der Waals surface area (Å²) in [7, 11) is 0. The van der Waals surface area contributed by atoms with Gasteiger partial charge in [0.15, 0.2) is 0 Å². The third-order valence-corrected chi connectivity index (χ3v) is 4.06. The summed E-state index contributed by atoms with van der Waals surface area (Å²) < 4.78 is 274. The van der Waals surface area contributed by atoms with Gasteiger partial charge < -0.3 is 5.11 Å². The first-order valence-corrected chi connectivity index (χ1v) is 7.35. The lowest BCUT2D eigenvalue weighted by atomic mass is 9.85. The van der Waals surface area contributed by atoms with Crippen LogP contribution in [-0.2, 0) is 9.59 Å². The predicted molar refractivity (Wildman–Crippen MR) is 63.2 cm³/mol. The van der Waals surface area contributed by atoms with Gasteiger partial charge in [-0.25, -0.2) is 4.79 Å². The molecule has 0 heterocycles. The second kappa shape index (κ2) is 8.08. The Morgan fingerprint density at radius 2 is 0.528 bits per heavy atom. The molecule has 0 aliphatic heterocycles. The molecule has 0 aromatic heterocycles. The number of carbonyl (C=O) groups is 2. The number of hydrogen-bond donors (Lipinski definition) is 1. The van der Waals surface area contributed by atoms with Crippen molar-refractivity contribution in [2.45, 2.75) is 59.2 Å². The first-order chi connectivity index (χ1) is 15.1. The summed E-state index contributed by atoms with van der Waals surface area (Å²) in [6.45, 7) is 0. The minimum atomic E-state index is -9.36. The number of rotatable bonds is 11. The maximum atomic E-state index is 13.4. The van der Waals surface area contributed by atoms with E-state index in [0.717, 1.165) is 0 Å². The van der Waals surface area contributed by atoms with Crippen LogP contribution in [0.15, 0.2) is 0 Å². The van der Waals surface area contributed by atoms with Crippen molar-refractivity contribution in [1.82, 2.24) is 0 Å². The third-order valence-electron chi connectivity index (χ3n) is 4.06. The molecule has 0 aromatic carbocycles. The average Bonchev–Trinajstić information content (AvgIpc) is 2.65. The van der Waals surface area contributed by atoms with Crippen molar-refractivity contribution in [2.24, 2.45) is 0 Å². The molecular weight excluding hydrogens is 591 g/mol. The molecular formula is C12HF21O3. The summed E-state index contributed by atoms with van der Waals surface area (Å²) in [6, 6.07) is -5.06. The molecule has 0 rings (SSSR count). The third kappa shape index (κ3) is 3.62. The Bertz CT molecular complexity index is 815. The van der Waals surface area contributed by atoms with Gasteiger partial charge in [-0.1, -0.05) is 0 Å². The number of alkyl halides is 20. The molecule has 0 saturated carbocycles. The molecule has 0 spiro atoms. The Balaban J connectivity index is 7.21. The van der Waals surface area contributed by atoms with E-state index in [1.165, 1.54) is 0 Å². The molecule has 3 nitrogen and oxygen atoms in total. The van der Waals surface area contributed by atoms with Crippen molar-refractivity contribution in [1.29, 1.82) is 0 Å². The van der Waals surface area contributed by atoms with Gasteiger partial charge in [-0.15, -0.1) is 0 Å². The fourth-order valence-electron chi connectivity index (χ4n) is 1.84. The molecule has 0 aromatic rings. The van der Waals surface area contributed by atoms with Crippen LogP contribution in [-0.4, -0.2) is 76.3 Å². The fourth-order valence-corrected chi connectivity index (χ4v) is 1.84. The lowest BCUT2D eigenvalue weighted by Gasteiger charge is -2.44. The second-order valence-corrected chi connectivity index (χ2v) is 6.32. The van der Waals surface area contributed by atoms with Crippen LogP contribution in [0.3, 0.4) is 0 Å².